The largest absolute Gasteiger partial charge is 0.497 e. The Morgan fingerprint density at radius 1 is 1.19 bits per heavy atom. The molecule has 1 amide bonds. The Kier molecular flexibility index (Phi) is 8.18. The third-order valence-electron chi connectivity index (χ3n) is 6.53. The minimum Gasteiger partial charge on any atom is -0.497 e. The third kappa shape index (κ3) is 6.12. The van der Waals surface area contributed by atoms with Gasteiger partial charge in [-0.05, 0) is 44.4 Å². The SMILES string of the molecule is CN=C(NCC1(c2cccc(OC)c2)CCCC1)N1CCN(CC(=O)NC(C)C)CC1. The minimum absolute atomic E-state index is 0.104. The molecule has 0 unspecified atom stereocenters. The number of piperazine rings is 1. The second kappa shape index (κ2) is 10.8. The highest BCUT2D eigenvalue weighted by Gasteiger charge is 2.36. The zero-order chi connectivity index (χ0) is 22.3. The maximum atomic E-state index is 12.0. The molecule has 0 bridgehead atoms. The summed E-state index contributed by atoms with van der Waals surface area (Å²) in [6.07, 6.45) is 4.88. The number of aliphatic imine (C=N–C) groups is 1. The molecule has 7 heteroatoms. The molecule has 2 N–H and O–H groups in total. The van der Waals surface area contributed by atoms with E-state index in [4.69, 9.17) is 4.74 Å². The van der Waals surface area contributed by atoms with Gasteiger partial charge in [-0.25, -0.2) is 0 Å². The molecule has 1 aliphatic carbocycles. The first-order valence-corrected chi connectivity index (χ1v) is 11.6. The lowest BCUT2D eigenvalue weighted by Gasteiger charge is -2.38. The average Bonchev–Trinajstić information content (AvgIpc) is 3.25. The predicted octanol–water partition coefficient (Wildman–Crippen LogP) is 2.22. The summed E-state index contributed by atoms with van der Waals surface area (Å²) in [6, 6.07) is 8.72. The van der Waals surface area contributed by atoms with E-state index in [9.17, 15) is 4.79 Å². The van der Waals surface area contributed by atoms with Crippen LogP contribution >= 0.6 is 0 Å². The molecule has 0 spiro atoms. The molecule has 0 atom stereocenters. The van der Waals surface area contributed by atoms with Crippen molar-refractivity contribution in [1.29, 1.82) is 0 Å². The van der Waals surface area contributed by atoms with Gasteiger partial charge in [0.1, 0.15) is 5.75 Å². The van der Waals surface area contributed by atoms with Gasteiger partial charge in [0, 0.05) is 51.2 Å². The van der Waals surface area contributed by atoms with Crippen LogP contribution in [0.2, 0.25) is 0 Å². The number of benzene rings is 1. The number of rotatable bonds is 7. The molecule has 3 rings (SSSR count). The summed E-state index contributed by atoms with van der Waals surface area (Å²) < 4.78 is 5.47. The normalized spacial score (nSPS) is 19.5. The van der Waals surface area contributed by atoms with Gasteiger partial charge in [0.25, 0.3) is 0 Å². The molecular formula is C24H39N5O2. The third-order valence-corrected chi connectivity index (χ3v) is 6.53. The lowest BCUT2D eigenvalue weighted by Crippen LogP contribution is -2.55. The van der Waals surface area contributed by atoms with Gasteiger partial charge in [-0.3, -0.25) is 14.7 Å². The molecule has 2 aliphatic rings. The van der Waals surface area contributed by atoms with E-state index in [1.54, 1.807) is 7.11 Å². The van der Waals surface area contributed by atoms with Crippen LogP contribution in [0.5, 0.6) is 5.75 Å². The highest BCUT2D eigenvalue weighted by molar-refractivity contribution is 5.80. The maximum absolute atomic E-state index is 12.0. The van der Waals surface area contributed by atoms with Crippen LogP contribution in [-0.2, 0) is 10.2 Å². The Morgan fingerprint density at radius 2 is 1.90 bits per heavy atom. The zero-order valence-electron chi connectivity index (χ0n) is 19.6. The van der Waals surface area contributed by atoms with Crippen LogP contribution in [0.3, 0.4) is 0 Å². The molecule has 1 saturated carbocycles. The topological polar surface area (TPSA) is 69.2 Å². The zero-order valence-corrected chi connectivity index (χ0v) is 19.6. The fraction of sp³-hybridized carbons (Fsp3) is 0.667. The van der Waals surface area contributed by atoms with Gasteiger partial charge in [0.15, 0.2) is 5.96 Å². The fourth-order valence-corrected chi connectivity index (χ4v) is 4.84. The number of guanidine groups is 1. The predicted molar refractivity (Wildman–Crippen MR) is 126 cm³/mol. The quantitative estimate of drug-likeness (QED) is 0.514. The second-order valence-corrected chi connectivity index (χ2v) is 9.11. The molecule has 2 fully saturated rings. The lowest BCUT2D eigenvalue weighted by atomic mass is 9.78. The summed E-state index contributed by atoms with van der Waals surface area (Å²) in [5.41, 5.74) is 1.48. The Balaban J connectivity index is 1.57. The molecule has 172 valence electrons. The van der Waals surface area contributed by atoms with E-state index in [-0.39, 0.29) is 17.4 Å². The monoisotopic (exact) mass is 429 g/mol. The van der Waals surface area contributed by atoms with Crippen LogP contribution in [0.1, 0.15) is 45.1 Å². The number of methoxy groups -OCH3 is 1. The Morgan fingerprint density at radius 3 is 2.52 bits per heavy atom. The molecule has 1 saturated heterocycles. The number of ether oxygens (including phenoxy) is 1. The van der Waals surface area contributed by atoms with Gasteiger partial charge in [0.2, 0.25) is 5.91 Å². The highest BCUT2D eigenvalue weighted by atomic mass is 16.5. The summed E-state index contributed by atoms with van der Waals surface area (Å²) in [5.74, 6) is 1.98. The molecule has 1 heterocycles. The lowest BCUT2D eigenvalue weighted by molar-refractivity contribution is -0.123. The summed E-state index contributed by atoms with van der Waals surface area (Å²) in [5, 5.41) is 6.65. The molecule has 31 heavy (non-hydrogen) atoms. The van der Waals surface area contributed by atoms with Crippen molar-refractivity contribution in [3.8, 4) is 5.75 Å². The van der Waals surface area contributed by atoms with Gasteiger partial charge in [-0.1, -0.05) is 25.0 Å². The van der Waals surface area contributed by atoms with E-state index in [2.05, 4.69) is 43.6 Å². The van der Waals surface area contributed by atoms with E-state index in [0.717, 1.165) is 44.4 Å². The first-order chi connectivity index (χ1) is 15.0. The molecular weight excluding hydrogens is 390 g/mol. The smallest absolute Gasteiger partial charge is 0.234 e. The van der Waals surface area contributed by atoms with Gasteiger partial charge in [-0.2, -0.15) is 0 Å². The van der Waals surface area contributed by atoms with Crippen LogP contribution in [-0.4, -0.2) is 81.1 Å². The summed E-state index contributed by atoms with van der Waals surface area (Å²) in [6.45, 7) is 8.82. The van der Waals surface area contributed by atoms with Crippen molar-refractivity contribution in [2.45, 2.75) is 51.0 Å². The minimum atomic E-state index is 0.104. The second-order valence-electron chi connectivity index (χ2n) is 9.11. The van der Waals surface area contributed by atoms with E-state index in [1.807, 2.05) is 27.0 Å². The molecule has 1 aromatic carbocycles. The number of carbonyl (C=O) groups is 1. The number of amides is 1. The van der Waals surface area contributed by atoms with Crippen molar-refractivity contribution < 1.29 is 9.53 Å². The standard InChI is InChI=1S/C24H39N5O2/c1-19(2)27-22(30)17-28-12-14-29(15-13-28)23(25-3)26-18-24(10-5-6-11-24)20-8-7-9-21(16-20)31-4/h7-9,16,19H,5-6,10-15,17-18H2,1-4H3,(H,25,26)(H,27,30). The van der Waals surface area contributed by atoms with E-state index in [0.29, 0.717) is 6.54 Å². The molecule has 7 nitrogen and oxygen atoms in total. The fourth-order valence-electron chi connectivity index (χ4n) is 4.84. The van der Waals surface area contributed by atoms with Crippen molar-refractivity contribution in [2.24, 2.45) is 4.99 Å². The van der Waals surface area contributed by atoms with Crippen molar-refractivity contribution in [3.63, 3.8) is 0 Å². The Hall–Kier alpha value is -2.28. The summed E-state index contributed by atoms with van der Waals surface area (Å²) in [4.78, 5) is 21.1. The molecule has 0 aromatic heterocycles. The highest BCUT2D eigenvalue weighted by Crippen LogP contribution is 2.41. The van der Waals surface area contributed by atoms with Gasteiger partial charge < -0.3 is 20.3 Å². The van der Waals surface area contributed by atoms with Crippen molar-refractivity contribution in [2.75, 3.05) is 53.4 Å². The first kappa shape index (κ1) is 23.4. The van der Waals surface area contributed by atoms with Gasteiger partial charge in [0.05, 0.1) is 13.7 Å². The van der Waals surface area contributed by atoms with Crippen LogP contribution < -0.4 is 15.4 Å². The maximum Gasteiger partial charge on any atom is 0.234 e. The molecule has 0 radical (unpaired) electrons. The van der Waals surface area contributed by atoms with Crippen LogP contribution in [0, 0.1) is 0 Å². The number of nitrogens with one attached hydrogen (secondary N) is 2. The van der Waals surface area contributed by atoms with E-state index >= 15 is 0 Å². The number of carbonyl (C=O) groups excluding carboxylic acids is 1. The Bertz CT molecular complexity index is 750. The Labute approximate surface area is 187 Å². The van der Waals surface area contributed by atoms with Crippen molar-refractivity contribution in [1.82, 2.24) is 20.4 Å². The first-order valence-electron chi connectivity index (χ1n) is 11.6. The number of hydrogen-bond acceptors (Lipinski definition) is 4. The summed E-state index contributed by atoms with van der Waals surface area (Å²) >= 11 is 0. The van der Waals surface area contributed by atoms with E-state index in [1.165, 1.54) is 31.2 Å². The van der Waals surface area contributed by atoms with Crippen molar-refractivity contribution >= 4 is 11.9 Å². The van der Waals surface area contributed by atoms with Crippen LogP contribution in [0.25, 0.3) is 0 Å². The number of nitrogens with zero attached hydrogens (tertiary/aromatic N) is 3. The van der Waals surface area contributed by atoms with Crippen molar-refractivity contribution in [3.05, 3.63) is 29.8 Å². The van der Waals surface area contributed by atoms with E-state index < -0.39 is 0 Å². The average molecular weight is 430 g/mol. The van der Waals surface area contributed by atoms with Crippen LogP contribution in [0.4, 0.5) is 0 Å². The number of hydrogen-bond donors (Lipinski definition) is 2. The molecule has 1 aromatic rings. The van der Waals surface area contributed by atoms with Gasteiger partial charge in [-0.15, -0.1) is 0 Å². The molecule has 1 aliphatic heterocycles. The van der Waals surface area contributed by atoms with Gasteiger partial charge >= 0.3 is 0 Å². The van der Waals surface area contributed by atoms with Crippen LogP contribution in [0.15, 0.2) is 29.3 Å². The summed E-state index contributed by atoms with van der Waals surface area (Å²) in [7, 11) is 3.59.